The van der Waals surface area contributed by atoms with Gasteiger partial charge in [0.1, 0.15) is 0 Å². The average Bonchev–Trinajstić information content (AvgIpc) is 3.30. The van der Waals surface area contributed by atoms with E-state index in [9.17, 15) is 4.79 Å². The zero-order chi connectivity index (χ0) is 18.4. The van der Waals surface area contributed by atoms with Crippen molar-refractivity contribution in [1.82, 2.24) is 0 Å². The zero-order valence-electron chi connectivity index (χ0n) is 16.7. The number of carbonyl (C=O) groups is 1. The molecule has 2 heterocycles. The molecule has 0 radical (unpaired) electrons. The van der Waals surface area contributed by atoms with Crippen LogP contribution in [-0.4, -0.2) is 37.5 Å². The Kier molecular flexibility index (Phi) is 3.47. The molecule has 6 aliphatic rings. The van der Waals surface area contributed by atoms with Crippen LogP contribution in [0.15, 0.2) is 11.6 Å². The largest absolute Gasteiger partial charge is 0.373 e. The molecule has 0 spiro atoms. The zero-order valence-corrected chi connectivity index (χ0v) is 16.7. The maximum atomic E-state index is 12.1. The molecule has 2 bridgehead atoms. The van der Waals surface area contributed by atoms with E-state index in [1.807, 2.05) is 6.08 Å². The highest BCUT2D eigenvalue weighted by atomic mass is 16.7. The van der Waals surface area contributed by atoms with Crippen LogP contribution in [0.3, 0.4) is 0 Å². The Labute approximate surface area is 162 Å². The van der Waals surface area contributed by atoms with Crippen molar-refractivity contribution in [2.75, 3.05) is 19.8 Å². The highest BCUT2D eigenvalue weighted by Crippen LogP contribution is 2.70. The SMILES string of the molecule is CC1([C@H]2CC[C@H]3[C@@H]4CC5OC[C@@]6(CCC(=O)C=C56)[C@H]4CC[C@]23C)OCCO1. The Morgan fingerprint density at radius 2 is 1.85 bits per heavy atom. The Bertz CT molecular complexity index is 707. The summed E-state index contributed by atoms with van der Waals surface area (Å²) in [4.78, 5) is 12.1. The minimum atomic E-state index is -0.388. The maximum absolute atomic E-state index is 12.1. The van der Waals surface area contributed by atoms with Gasteiger partial charge in [0.05, 0.1) is 25.9 Å². The second-order valence-electron chi connectivity index (χ2n) is 10.5. The first-order chi connectivity index (χ1) is 13.0. The molecule has 4 aliphatic carbocycles. The Balaban J connectivity index is 1.35. The summed E-state index contributed by atoms with van der Waals surface area (Å²) < 4.78 is 18.6. The van der Waals surface area contributed by atoms with Gasteiger partial charge in [0.15, 0.2) is 11.6 Å². The molecule has 4 heteroatoms. The molecular formula is C23H32O4. The van der Waals surface area contributed by atoms with Crippen LogP contribution in [0.1, 0.15) is 58.8 Å². The van der Waals surface area contributed by atoms with Crippen molar-refractivity contribution in [3.8, 4) is 0 Å². The van der Waals surface area contributed by atoms with Crippen LogP contribution in [0.2, 0.25) is 0 Å². The molecule has 1 unspecified atom stereocenters. The van der Waals surface area contributed by atoms with Gasteiger partial charge < -0.3 is 14.2 Å². The average molecular weight is 373 g/mol. The molecule has 2 aliphatic heterocycles. The smallest absolute Gasteiger partial charge is 0.169 e. The second-order valence-corrected chi connectivity index (χ2v) is 10.5. The summed E-state index contributed by atoms with van der Waals surface area (Å²) in [6.07, 6.45) is 10.1. The van der Waals surface area contributed by atoms with Crippen LogP contribution in [0, 0.1) is 34.5 Å². The van der Waals surface area contributed by atoms with E-state index < -0.39 is 0 Å². The predicted octanol–water partition coefficient (Wildman–Crippen LogP) is 3.89. The fourth-order valence-electron chi connectivity index (χ4n) is 8.63. The number of ketones is 1. The molecule has 0 aromatic carbocycles. The molecule has 0 N–H and O–H groups in total. The Morgan fingerprint density at radius 1 is 1.04 bits per heavy atom. The molecule has 0 aromatic rings. The fraction of sp³-hybridized carbons (Fsp3) is 0.870. The number of carbonyl (C=O) groups excluding carboxylic acids is 1. The Hall–Kier alpha value is -0.710. The first kappa shape index (κ1) is 17.2. The summed E-state index contributed by atoms with van der Waals surface area (Å²) in [6, 6.07) is 0. The number of fused-ring (bicyclic) bond motifs is 3. The summed E-state index contributed by atoms with van der Waals surface area (Å²) in [5, 5.41) is 0. The van der Waals surface area contributed by atoms with E-state index in [0.717, 1.165) is 44.5 Å². The first-order valence-corrected chi connectivity index (χ1v) is 11.1. The molecule has 0 amide bonds. The third-order valence-electron chi connectivity index (χ3n) is 9.72. The van der Waals surface area contributed by atoms with E-state index in [1.165, 1.54) is 31.3 Å². The molecule has 6 rings (SSSR count). The van der Waals surface area contributed by atoms with Crippen molar-refractivity contribution in [3.63, 3.8) is 0 Å². The van der Waals surface area contributed by atoms with Crippen LogP contribution < -0.4 is 0 Å². The molecule has 5 fully saturated rings. The van der Waals surface area contributed by atoms with Crippen LogP contribution in [0.5, 0.6) is 0 Å². The topological polar surface area (TPSA) is 44.8 Å². The molecular weight excluding hydrogens is 340 g/mol. The minimum Gasteiger partial charge on any atom is -0.373 e. The first-order valence-electron chi connectivity index (χ1n) is 11.1. The van der Waals surface area contributed by atoms with Crippen molar-refractivity contribution in [2.45, 2.75) is 70.7 Å². The van der Waals surface area contributed by atoms with Gasteiger partial charge in [0.2, 0.25) is 0 Å². The monoisotopic (exact) mass is 372 g/mol. The predicted molar refractivity (Wildman–Crippen MR) is 100.0 cm³/mol. The van der Waals surface area contributed by atoms with Gasteiger partial charge in [0.25, 0.3) is 0 Å². The van der Waals surface area contributed by atoms with Crippen molar-refractivity contribution in [3.05, 3.63) is 11.6 Å². The number of hydrogen-bond acceptors (Lipinski definition) is 4. The molecule has 7 atom stereocenters. The number of ether oxygens (including phenoxy) is 3. The van der Waals surface area contributed by atoms with E-state index >= 15 is 0 Å². The highest BCUT2D eigenvalue weighted by molar-refractivity contribution is 5.92. The molecule has 4 nitrogen and oxygen atoms in total. The van der Waals surface area contributed by atoms with Gasteiger partial charge in [0, 0.05) is 17.8 Å². The summed E-state index contributed by atoms with van der Waals surface area (Å²) in [6.45, 7) is 7.04. The van der Waals surface area contributed by atoms with Crippen molar-refractivity contribution < 1.29 is 19.0 Å². The van der Waals surface area contributed by atoms with Gasteiger partial charge in [-0.05, 0) is 80.3 Å². The summed E-state index contributed by atoms with van der Waals surface area (Å²) >= 11 is 0. The van der Waals surface area contributed by atoms with Crippen LogP contribution in [0.25, 0.3) is 0 Å². The summed E-state index contributed by atoms with van der Waals surface area (Å²) in [5.74, 6) is 2.61. The van der Waals surface area contributed by atoms with Gasteiger partial charge in [-0.25, -0.2) is 0 Å². The molecule has 0 aromatic heterocycles. The normalized spacial score (nSPS) is 52.9. The fourth-order valence-corrected chi connectivity index (χ4v) is 8.63. The lowest BCUT2D eigenvalue weighted by molar-refractivity contribution is -0.214. The number of rotatable bonds is 1. The van der Waals surface area contributed by atoms with E-state index in [1.54, 1.807) is 0 Å². The van der Waals surface area contributed by atoms with E-state index in [2.05, 4.69) is 13.8 Å². The molecule has 27 heavy (non-hydrogen) atoms. The number of hydrogen-bond donors (Lipinski definition) is 0. The quantitative estimate of drug-likeness (QED) is 0.701. The molecule has 3 saturated carbocycles. The summed E-state index contributed by atoms with van der Waals surface area (Å²) in [5.41, 5.74) is 1.85. The van der Waals surface area contributed by atoms with E-state index in [-0.39, 0.29) is 17.3 Å². The van der Waals surface area contributed by atoms with E-state index in [4.69, 9.17) is 14.2 Å². The van der Waals surface area contributed by atoms with E-state index in [0.29, 0.717) is 29.5 Å². The van der Waals surface area contributed by atoms with Crippen molar-refractivity contribution >= 4 is 5.78 Å². The lowest BCUT2D eigenvalue weighted by Crippen LogP contribution is -2.54. The van der Waals surface area contributed by atoms with Crippen LogP contribution >= 0.6 is 0 Å². The minimum absolute atomic E-state index is 0.172. The maximum Gasteiger partial charge on any atom is 0.169 e. The van der Waals surface area contributed by atoms with Gasteiger partial charge in [-0.15, -0.1) is 0 Å². The Morgan fingerprint density at radius 3 is 2.67 bits per heavy atom. The second kappa shape index (κ2) is 5.46. The third-order valence-corrected chi connectivity index (χ3v) is 9.72. The molecule has 2 saturated heterocycles. The highest BCUT2D eigenvalue weighted by Gasteiger charge is 2.66. The third kappa shape index (κ3) is 2.08. The lowest BCUT2D eigenvalue weighted by Gasteiger charge is -2.57. The van der Waals surface area contributed by atoms with Crippen LogP contribution in [0.4, 0.5) is 0 Å². The van der Waals surface area contributed by atoms with Gasteiger partial charge in [-0.2, -0.15) is 0 Å². The van der Waals surface area contributed by atoms with Gasteiger partial charge in [-0.3, -0.25) is 4.79 Å². The standard InChI is InChI=1S/C23H32O4/c1-21-7-6-17-15(16(21)3-4-20(21)22(2)26-9-10-27-22)12-19-18-11-14(24)5-8-23(17,18)13-25-19/h11,15-17,19-20H,3-10,12-13H2,1-2H3/t15-,16-,17-,19?,20-,21-,23-/m0/s1. The summed E-state index contributed by atoms with van der Waals surface area (Å²) in [7, 11) is 0. The molecule has 148 valence electrons. The van der Waals surface area contributed by atoms with Crippen molar-refractivity contribution in [2.24, 2.45) is 34.5 Å². The van der Waals surface area contributed by atoms with Gasteiger partial charge in [-0.1, -0.05) is 6.92 Å². The van der Waals surface area contributed by atoms with Crippen LogP contribution in [-0.2, 0) is 19.0 Å². The van der Waals surface area contributed by atoms with Crippen molar-refractivity contribution in [1.29, 1.82) is 0 Å². The van der Waals surface area contributed by atoms with Gasteiger partial charge >= 0.3 is 0 Å². The lowest BCUT2D eigenvalue weighted by atomic mass is 9.46.